The number of anilines is 1. The fourth-order valence-electron chi connectivity index (χ4n) is 3.82. The molecule has 3 aromatic rings. The maximum absolute atomic E-state index is 13.2. The number of hydrogen-bond acceptors (Lipinski definition) is 8. The van der Waals surface area contributed by atoms with Gasteiger partial charge in [0, 0.05) is 10.0 Å². The summed E-state index contributed by atoms with van der Waals surface area (Å²) in [6, 6.07) is 13.2. The van der Waals surface area contributed by atoms with Gasteiger partial charge in [0.2, 0.25) is 11.7 Å². The van der Waals surface area contributed by atoms with Gasteiger partial charge in [-0.1, -0.05) is 64.4 Å². The van der Waals surface area contributed by atoms with Crippen LogP contribution in [0.1, 0.15) is 31.2 Å². The normalized spacial score (nSPS) is 20.0. The topological polar surface area (TPSA) is 104 Å². The summed E-state index contributed by atoms with van der Waals surface area (Å²) in [7, 11) is 0. The average molecular weight is 495 g/mol. The first-order chi connectivity index (χ1) is 15.4. The maximum atomic E-state index is 13.2. The summed E-state index contributed by atoms with van der Waals surface area (Å²) in [5.74, 6) is 0.307. The van der Waals surface area contributed by atoms with Crippen LogP contribution in [0.2, 0.25) is 0 Å². The highest BCUT2D eigenvalue weighted by molar-refractivity contribution is 9.10. The minimum absolute atomic E-state index is 0.0742. The predicted octanol–water partition coefficient (Wildman–Crippen LogP) is 4.12. The van der Waals surface area contributed by atoms with Crippen LogP contribution in [-0.2, 0) is 16.1 Å². The quantitative estimate of drug-likeness (QED) is 0.494. The van der Waals surface area contributed by atoms with E-state index in [-0.39, 0.29) is 24.2 Å². The zero-order chi connectivity index (χ0) is 22.4. The molecule has 1 fully saturated rings. The van der Waals surface area contributed by atoms with Crippen LogP contribution in [0.4, 0.5) is 5.69 Å². The zero-order valence-corrected chi connectivity index (χ0v) is 18.9. The fourth-order valence-corrected chi connectivity index (χ4v) is 4.22. The Hall–Kier alpha value is -3.40. The van der Waals surface area contributed by atoms with Crippen LogP contribution < -0.4 is 4.90 Å². The molecule has 0 radical (unpaired) electrons. The highest BCUT2D eigenvalue weighted by Crippen LogP contribution is 2.33. The molecule has 9 nitrogen and oxygen atoms in total. The van der Waals surface area contributed by atoms with Crippen LogP contribution in [0.3, 0.4) is 0 Å². The Morgan fingerprint density at radius 1 is 1.09 bits per heavy atom. The first-order valence-electron chi connectivity index (χ1n) is 10.2. The van der Waals surface area contributed by atoms with Crippen LogP contribution >= 0.6 is 15.9 Å². The lowest BCUT2D eigenvalue weighted by atomic mass is 10.0. The van der Waals surface area contributed by atoms with E-state index in [2.05, 4.69) is 50.3 Å². The summed E-state index contributed by atoms with van der Waals surface area (Å²) >= 11 is 3.42. The van der Waals surface area contributed by atoms with E-state index in [0.29, 0.717) is 17.4 Å². The molecule has 0 N–H and O–H groups in total. The molecule has 0 aliphatic carbocycles. The van der Waals surface area contributed by atoms with E-state index in [1.807, 2.05) is 36.4 Å². The van der Waals surface area contributed by atoms with Crippen LogP contribution in [0.25, 0.3) is 11.4 Å². The van der Waals surface area contributed by atoms with Gasteiger partial charge >= 0.3 is 0 Å². The van der Waals surface area contributed by atoms with Crippen LogP contribution in [0, 0.1) is 0 Å². The molecule has 0 bridgehead atoms. The monoisotopic (exact) mass is 494 g/mol. The van der Waals surface area contributed by atoms with Crippen molar-refractivity contribution in [3.05, 3.63) is 64.5 Å². The van der Waals surface area contributed by atoms with Crippen molar-refractivity contribution < 1.29 is 14.1 Å². The SMILES string of the molecule is CC(C)c1ccc(N2C(=O)[C@@H]3[C@@H](N=NN3Cc3nc(-c4cccc(Br)c4)no3)C2=O)cc1. The molecule has 1 aromatic heterocycles. The van der Waals surface area contributed by atoms with E-state index < -0.39 is 12.1 Å². The van der Waals surface area contributed by atoms with E-state index in [4.69, 9.17) is 4.52 Å². The van der Waals surface area contributed by atoms with Crippen molar-refractivity contribution in [1.29, 1.82) is 0 Å². The number of hydrogen-bond donors (Lipinski definition) is 0. The van der Waals surface area contributed by atoms with E-state index >= 15 is 0 Å². The third-order valence-electron chi connectivity index (χ3n) is 5.52. The second kappa shape index (κ2) is 7.94. The lowest BCUT2D eigenvalue weighted by molar-refractivity contribution is -0.123. The molecule has 0 unspecified atom stereocenters. The predicted molar refractivity (Wildman–Crippen MR) is 118 cm³/mol. The molecule has 162 valence electrons. The van der Waals surface area contributed by atoms with Gasteiger partial charge in [-0.25, -0.2) is 4.90 Å². The third kappa shape index (κ3) is 3.50. The molecule has 2 aliphatic rings. The summed E-state index contributed by atoms with van der Waals surface area (Å²) in [6.45, 7) is 4.25. The maximum Gasteiger partial charge on any atom is 0.263 e. The van der Waals surface area contributed by atoms with Gasteiger partial charge in [0.15, 0.2) is 12.1 Å². The van der Waals surface area contributed by atoms with Gasteiger partial charge in [0.05, 0.1) is 5.69 Å². The fraction of sp³-hybridized carbons (Fsp3) is 0.273. The van der Waals surface area contributed by atoms with Gasteiger partial charge in [0.25, 0.3) is 11.8 Å². The van der Waals surface area contributed by atoms with Crippen molar-refractivity contribution in [2.24, 2.45) is 10.3 Å². The molecule has 5 rings (SSSR count). The number of carbonyl (C=O) groups excluding carboxylic acids is 2. The summed E-state index contributed by atoms with van der Waals surface area (Å²) in [5.41, 5.74) is 2.45. The molecule has 32 heavy (non-hydrogen) atoms. The van der Waals surface area contributed by atoms with Crippen LogP contribution in [0.15, 0.2) is 67.9 Å². The molecule has 2 aliphatic heterocycles. The van der Waals surface area contributed by atoms with E-state index in [9.17, 15) is 9.59 Å². The van der Waals surface area contributed by atoms with Gasteiger partial charge in [-0.15, -0.1) is 0 Å². The van der Waals surface area contributed by atoms with E-state index in [0.717, 1.165) is 15.6 Å². The Balaban J connectivity index is 1.35. The molecule has 0 saturated carbocycles. The first kappa shape index (κ1) is 20.5. The van der Waals surface area contributed by atoms with Crippen molar-refractivity contribution in [2.45, 2.75) is 38.4 Å². The van der Waals surface area contributed by atoms with Crippen molar-refractivity contribution in [2.75, 3.05) is 4.90 Å². The molecule has 2 atom stereocenters. The highest BCUT2D eigenvalue weighted by Gasteiger charge is 2.55. The number of fused-ring (bicyclic) bond motifs is 1. The van der Waals surface area contributed by atoms with Gasteiger partial charge in [-0.3, -0.25) is 14.6 Å². The molecule has 3 heterocycles. The summed E-state index contributed by atoms with van der Waals surface area (Å²) < 4.78 is 6.25. The number of imide groups is 1. The zero-order valence-electron chi connectivity index (χ0n) is 17.3. The van der Waals surface area contributed by atoms with Crippen molar-refractivity contribution >= 4 is 33.4 Å². The van der Waals surface area contributed by atoms with Crippen molar-refractivity contribution in [3.8, 4) is 11.4 Å². The Morgan fingerprint density at radius 2 is 1.88 bits per heavy atom. The highest BCUT2D eigenvalue weighted by atomic mass is 79.9. The average Bonchev–Trinajstić information content (AvgIpc) is 3.47. The molecular formula is C22H19BrN6O3. The lowest BCUT2D eigenvalue weighted by Crippen LogP contribution is -2.39. The number of nitrogens with zero attached hydrogens (tertiary/aromatic N) is 6. The van der Waals surface area contributed by atoms with Crippen molar-refractivity contribution in [1.82, 2.24) is 15.1 Å². The number of rotatable bonds is 5. The molecule has 2 aromatic carbocycles. The minimum Gasteiger partial charge on any atom is -0.337 e. The Labute approximate surface area is 192 Å². The number of amides is 2. The summed E-state index contributed by atoms with van der Waals surface area (Å²) in [6.07, 6.45) is 0. The van der Waals surface area contributed by atoms with Crippen LogP contribution in [0.5, 0.6) is 0 Å². The molecule has 0 spiro atoms. The van der Waals surface area contributed by atoms with Gasteiger partial charge < -0.3 is 4.52 Å². The molecule has 2 amide bonds. The van der Waals surface area contributed by atoms with Gasteiger partial charge in [-0.05, 0) is 35.7 Å². The molecular weight excluding hydrogens is 476 g/mol. The molecule has 1 saturated heterocycles. The standard InChI is InChI=1S/C22H19BrN6O3/c1-12(2)13-6-8-16(9-7-13)29-21(30)18-19(22(29)31)28(27-25-18)11-17-24-20(26-32-17)14-4-3-5-15(23)10-14/h3-10,12,18-19H,11H2,1-2H3/t18-,19+/m1/s1. The lowest BCUT2D eigenvalue weighted by Gasteiger charge is -2.19. The number of benzene rings is 2. The number of aromatic nitrogens is 2. The van der Waals surface area contributed by atoms with Gasteiger partial charge in [0.1, 0.15) is 6.54 Å². The molecule has 10 heteroatoms. The number of halogens is 1. The Bertz CT molecular complexity index is 1220. The summed E-state index contributed by atoms with van der Waals surface area (Å²) in [5, 5.41) is 13.5. The van der Waals surface area contributed by atoms with E-state index in [1.54, 1.807) is 12.1 Å². The smallest absolute Gasteiger partial charge is 0.263 e. The third-order valence-corrected chi connectivity index (χ3v) is 6.02. The Kier molecular flexibility index (Phi) is 5.09. The second-order valence-electron chi connectivity index (χ2n) is 7.97. The second-order valence-corrected chi connectivity index (χ2v) is 8.89. The number of carbonyl (C=O) groups is 2. The Morgan fingerprint density at radius 3 is 2.59 bits per heavy atom. The van der Waals surface area contributed by atoms with Crippen molar-refractivity contribution in [3.63, 3.8) is 0 Å². The van der Waals surface area contributed by atoms with Crippen LogP contribution in [-0.4, -0.2) is 39.0 Å². The van der Waals surface area contributed by atoms with Gasteiger partial charge in [-0.2, -0.15) is 10.1 Å². The van der Waals surface area contributed by atoms with E-state index in [1.165, 1.54) is 9.91 Å². The first-order valence-corrected chi connectivity index (χ1v) is 11.0. The minimum atomic E-state index is -0.875. The summed E-state index contributed by atoms with van der Waals surface area (Å²) in [4.78, 5) is 31.6. The largest absolute Gasteiger partial charge is 0.337 e.